The molecule has 4 nitrogen and oxygen atoms in total. The summed E-state index contributed by atoms with van der Waals surface area (Å²) in [4.78, 5) is 11.5. The fraction of sp³-hybridized carbons (Fsp3) is 0. The summed E-state index contributed by atoms with van der Waals surface area (Å²) in [5, 5.41) is 0.805. The molecule has 0 aliphatic rings. The lowest BCUT2D eigenvalue weighted by Crippen LogP contribution is -1.76. The molecule has 5 heteroatoms. The highest BCUT2D eigenvalue weighted by Gasteiger charge is 2.17. The van der Waals surface area contributed by atoms with Crippen LogP contribution in [0.15, 0.2) is 30.5 Å². The van der Waals surface area contributed by atoms with Crippen LogP contribution in [0.5, 0.6) is 5.75 Å². The number of hydrogen-bond acceptors (Lipinski definition) is 2. The Balaban J connectivity index is 2.51. The van der Waals surface area contributed by atoms with Crippen molar-refractivity contribution in [3.05, 3.63) is 30.5 Å². The highest BCUT2D eigenvalue weighted by molar-refractivity contribution is 7.32. The fourth-order valence-electron chi connectivity index (χ4n) is 1.20. The predicted octanol–water partition coefficient (Wildman–Crippen LogP) is 2.20. The molecule has 66 valence electrons. The molecule has 0 radical (unpaired) electrons. The molecule has 13 heavy (non-hydrogen) atoms. The Labute approximate surface area is 75.1 Å². The number of para-hydroxylation sites is 1. The minimum atomic E-state index is -2.59. The van der Waals surface area contributed by atoms with Gasteiger partial charge in [-0.05, 0) is 12.1 Å². The molecular formula is C8H7NO3P+. The van der Waals surface area contributed by atoms with Gasteiger partial charge in [0.25, 0.3) is 0 Å². The Kier molecular flexibility index (Phi) is 2.00. The summed E-state index contributed by atoms with van der Waals surface area (Å²) >= 11 is 0. The molecule has 0 saturated heterocycles. The number of benzene rings is 1. The standard InChI is InChI=1S/C8H6NO3P/c10-13(11)12-8-5-9-7-4-2-1-3-6(7)8/h1-5,9H/p+1. The molecule has 1 heterocycles. The second-order valence-corrected chi connectivity index (χ2v) is 3.19. The number of H-pyrrole nitrogens is 1. The molecule has 0 saturated carbocycles. The largest absolute Gasteiger partial charge is 0.747 e. The van der Waals surface area contributed by atoms with Gasteiger partial charge in [-0.15, -0.1) is 4.89 Å². The van der Waals surface area contributed by atoms with Crippen molar-refractivity contribution in [1.82, 2.24) is 4.98 Å². The topological polar surface area (TPSA) is 62.3 Å². The monoisotopic (exact) mass is 196 g/mol. The Morgan fingerprint density at radius 1 is 1.38 bits per heavy atom. The smallest absolute Gasteiger partial charge is 0.358 e. The van der Waals surface area contributed by atoms with Crippen LogP contribution in [-0.2, 0) is 4.57 Å². The molecule has 2 N–H and O–H groups in total. The lowest BCUT2D eigenvalue weighted by Gasteiger charge is -1.87. The van der Waals surface area contributed by atoms with Crippen LogP contribution in [0.1, 0.15) is 0 Å². The zero-order valence-electron chi connectivity index (χ0n) is 6.60. The predicted molar refractivity (Wildman–Crippen MR) is 48.8 cm³/mol. The number of hydrogen-bond donors (Lipinski definition) is 2. The van der Waals surface area contributed by atoms with Gasteiger partial charge in [0, 0.05) is 15.5 Å². The van der Waals surface area contributed by atoms with E-state index in [4.69, 9.17) is 9.42 Å². The third-order valence-corrected chi connectivity index (χ3v) is 2.08. The van der Waals surface area contributed by atoms with E-state index in [2.05, 4.69) is 4.98 Å². The summed E-state index contributed by atoms with van der Waals surface area (Å²) in [6.45, 7) is 0. The SMILES string of the molecule is O=[P+](O)Oc1c[nH]c2ccccc12. The number of fused-ring (bicyclic) bond motifs is 1. The Hall–Kier alpha value is -1.38. The molecule has 0 aliphatic carbocycles. The second kappa shape index (κ2) is 3.17. The lowest BCUT2D eigenvalue weighted by atomic mass is 10.2. The third-order valence-electron chi connectivity index (χ3n) is 1.73. The van der Waals surface area contributed by atoms with Gasteiger partial charge in [-0.1, -0.05) is 12.1 Å². The first-order chi connectivity index (χ1) is 6.27. The van der Waals surface area contributed by atoms with E-state index in [-0.39, 0.29) is 0 Å². The third kappa shape index (κ3) is 1.54. The zero-order chi connectivity index (χ0) is 9.26. The number of aromatic nitrogens is 1. The Morgan fingerprint density at radius 3 is 2.92 bits per heavy atom. The number of aromatic amines is 1. The molecule has 0 amide bonds. The van der Waals surface area contributed by atoms with Gasteiger partial charge in [-0.2, -0.15) is 0 Å². The van der Waals surface area contributed by atoms with Crippen molar-refractivity contribution in [2.24, 2.45) is 0 Å². The molecule has 1 unspecified atom stereocenters. The lowest BCUT2D eigenvalue weighted by molar-refractivity contribution is 0.412. The first-order valence-electron chi connectivity index (χ1n) is 3.67. The van der Waals surface area contributed by atoms with Crippen LogP contribution in [0, 0.1) is 0 Å². The Morgan fingerprint density at radius 2 is 2.15 bits per heavy atom. The maximum atomic E-state index is 10.4. The molecule has 1 aromatic heterocycles. The molecule has 2 rings (SSSR count). The van der Waals surface area contributed by atoms with Gasteiger partial charge in [-0.3, -0.25) is 0 Å². The van der Waals surface area contributed by atoms with Crippen molar-refractivity contribution < 1.29 is 14.0 Å². The van der Waals surface area contributed by atoms with Crippen LogP contribution in [0.3, 0.4) is 0 Å². The molecule has 1 aromatic carbocycles. The van der Waals surface area contributed by atoms with Gasteiger partial charge in [-0.25, -0.2) is 4.52 Å². The van der Waals surface area contributed by atoms with Crippen molar-refractivity contribution in [3.63, 3.8) is 0 Å². The van der Waals surface area contributed by atoms with E-state index in [1.54, 1.807) is 6.20 Å². The van der Waals surface area contributed by atoms with Gasteiger partial charge in [0.15, 0.2) is 0 Å². The molecule has 0 aliphatic heterocycles. The second-order valence-electron chi connectivity index (χ2n) is 2.53. The number of nitrogens with one attached hydrogen (secondary N) is 1. The van der Waals surface area contributed by atoms with Gasteiger partial charge in [0.2, 0.25) is 5.75 Å². The summed E-state index contributed by atoms with van der Waals surface area (Å²) < 4.78 is 15.1. The first kappa shape index (κ1) is 8.23. The van der Waals surface area contributed by atoms with Crippen molar-refractivity contribution in [2.45, 2.75) is 0 Å². The highest BCUT2D eigenvalue weighted by atomic mass is 31.1. The van der Waals surface area contributed by atoms with Crippen LogP contribution in [0.2, 0.25) is 0 Å². The van der Waals surface area contributed by atoms with E-state index >= 15 is 0 Å². The first-order valence-corrected chi connectivity index (χ1v) is 4.80. The van der Waals surface area contributed by atoms with Crippen LogP contribution in [0.4, 0.5) is 0 Å². The maximum absolute atomic E-state index is 10.4. The summed E-state index contributed by atoms with van der Waals surface area (Å²) in [7, 11) is -2.59. The molecule has 0 spiro atoms. The maximum Gasteiger partial charge on any atom is 0.747 e. The number of rotatable bonds is 2. The normalized spacial score (nSPS) is 11.6. The van der Waals surface area contributed by atoms with E-state index in [1.165, 1.54) is 0 Å². The highest BCUT2D eigenvalue weighted by Crippen LogP contribution is 2.30. The molecule has 1 atom stereocenters. The minimum Gasteiger partial charge on any atom is -0.358 e. The van der Waals surface area contributed by atoms with Crippen LogP contribution < -0.4 is 4.52 Å². The van der Waals surface area contributed by atoms with Crippen molar-refractivity contribution >= 4 is 19.2 Å². The van der Waals surface area contributed by atoms with Gasteiger partial charge < -0.3 is 4.98 Å². The molecule has 0 bridgehead atoms. The Bertz CT molecular complexity index is 451. The van der Waals surface area contributed by atoms with Crippen molar-refractivity contribution in [3.8, 4) is 5.75 Å². The fourth-order valence-corrected chi connectivity index (χ4v) is 1.52. The van der Waals surface area contributed by atoms with Gasteiger partial charge in [0.05, 0.1) is 6.20 Å². The zero-order valence-corrected chi connectivity index (χ0v) is 7.49. The summed E-state index contributed by atoms with van der Waals surface area (Å²) in [5.41, 5.74) is 0.884. The summed E-state index contributed by atoms with van der Waals surface area (Å²) in [5.74, 6) is 0.402. The van der Waals surface area contributed by atoms with Crippen LogP contribution in [0.25, 0.3) is 10.9 Å². The summed E-state index contributed by atoms with van der Waals surface area (Å²) in [6, 6.07) is 7.40. The van der Waals surface area contributed by atoms with E-state index in [1.807, 2.05) is 24.3 Å². The minimum absolute atomic E-state index is 0.402. The van der Waals surface area contributed by atoms with E-state index in [0.717, 1.165) is 10.9 Å². The van der Waals surface area contributed by atoms with Gasteiger partial charge >= 0.3 is 8.25 Å². The molecule has 0 fully saturated rings. The summed E-state index contributed by atoms with van der Waals surface area (Å²) in [6.07, 6.45) is 1.56. The van der Waals surface area contributed by atoms with Crippen molar-refractivity contribution in [1.29, 1.82) is 0 Å². The van der Waals surface area contributed by atoms with E-state index in [9.17, 15) is 4.57 Å². The van der Waals surface area contributed by atoms with E-state index in [0.29, 0.717) is 5.75 Å². The molecular weight excluding hydrogens is 189 g/mol. The van der Waals surface area contributed by atoms with Crippen molar-refractivity contribution in [2.75, 3.05) is 0 Å². The quantitative estimate of drug-likeness (QED) is 0.723. The average molecular weight is 196 g/mol. The van der Waals surface area contributed by atoms with Crippen LogP contribution >= 0.6 is 8.25 Å². The van der Waals surface area contributed by atoms with Crippen LogP contribution in [-0.4, -0.2) is 9.88 Å². The molecule has 2 aromatic rings. The van der Waals surface area contributed by atoms with Gasteiger partial charge in [0.1, 0.15) is 0 Å². The van der Waals surface area contributed by atoms with E-state index < -0.39 is 8.25 Å². The average Bonchev–Trinajstić information content (AvgIpc) is 2.48.